The SMILES string of the molecule is COc1ccccc1-c1ccc(/C=C/c2ccc(-c3ccc(/C=C/c4ccc(-c5ccc(/C=C/c6ccc(-c7ccc(/C=C/c8ccc(-c9ccccc9OC)c(OC)c8)cc7OC)c(OC)c6)cc5OC)c(OC)c4)cc3OC)c(OC)c2)cc1OC. The lowest BCUT2D eigenvalue weighted by Crippen LogP contribution is -1.94. The highest BCUT2D eigenvalue weighted by Gasteiger charge is 2.18. The van der Waals surface area contributed by atoms with Crippen molar-refractivity contribution in [2.24, 2.45) is 0 Å². The van der Waals surface area contributed by atoms with E-state index in [0.29, 0.717) is 11.5 Å². The zero-order valence-electron chi connectivity index (χ0n) is 51.2. The molecule has 0 saturated heterocycles. The van der Waals surface area contributed by atoms with Crippen LogP contribution in [0.15, 0.2) is 194 Å². The fourth-order valence-corrected chi connectivity index (χ4v) is 10.8. The Labute approximate surface area is 516 Å². The van der Waals surface area contributed by atoms with Crippen molar-refractivity contribution in [3.63, 3.8) is 0 Å². The van der Waals surface area contributed by atoms with E-state index in [0.717, 1.165) is 146 Å². The minimum absolute atomic E-state index is 0.715. The van der Waals surface area contributed by atoms with E-state index in [2.05, 4.69) is 146 Å². The molecule has 10 nitrogen and oxygen atoms in total. The molecule has 0 aliphatic rings. The molecular formula is C78H70O10. The third-order valence-corrected chi connectivity index (χ3v) is 15.3. The Balaban J connectivity index is 0.800. The first-order valence-corrected chi connectivity index (χ1v) is 28.6. The highest BCUT2D eigenvalue weighted by atomic mass is 16.5. The molecule has 0 bridgehead atoms. The molecule has 0 N–H and O–H groups in total. The van der Waals surface area contributed by atoms with Crippen LogP contribution in [0.4, 0.5) is 0 Å². The lowest BCUT2D eigenvalue weighted by Gasteiger charge is -2.15. The Kier molecular flexibility index (Phi) is 19.4. The van der Waals surface area contributed by atoms with Gasteiger partial charge < -0.3 is 47.4 Å². The highest BCUT2D eigenvalue weighted by Crippen LogP contribution is 2.43. The Bertz CT molecular complexity index is 3970. The van der Waals surface area contributed by atoms with Crippen LogP contribution in [0, 0.1) is 0 Å². The summed E-state index contributed by atoms with van der Waals surface area (Å²) >= 11 is 0. The van der Waals surface area contributed by atoms with Crippen molar-refractivity contribution in [3.8, 4) is 113 Å². The summed E-state index contributed by atoms with van der Waals surface area (Å²) in [5, 5.41) is 0. The molecule has 0 heterocycles. The molecule has 0 saturated carbocycles. The molecule has 10 heteroatoms. The highest BCUT2D eigenvalue weighted by molar-refractivity contribution is 5.87. The van der Waals surface area contributed by atoms with Gasteiger partial charge >= 0.3 is 0 Å². The molecule has 0 aromatic heterocycles. The molecule has 0 radical (unpaired) electrons. The van der Waals surface area contributed by atoms with Crippen molar-refractivity contribution in [1.82, 2.24) is 0 Å². The first-order chi connectivity index (χ1) is 43.1. The molecule has 10 aromatic rings. The second-order valence-electron chi connectivity index (χ2n) is 20.4. The summed E-state index contributed by atoms with van der Waals surface area (Å²) < 4.78 is 58.7. The first-order valence-electron chi connectivity index (χ1n) is 28.6. The molecule has 0 aliphatic heterocycles. The smallest absolute Gasteiger partial charge is 0.127 e. The number of ether oxygens (including phenoxy) is 10. The second kappa shape index (κ2) is 28.4. The number of benzene rings is 10. The molecule has 0 amide bonds. The molecule has 10 rings (SSSR count). The van der Waals surface area contributed by atoms with Gasteiger partial charge in [0.05, 0.1) is 71.1 Å². The van der Waals surface area contributed by atoms with E-state index in [9.17, 15) is 0 Å². The molecule has 0 atom stereocenters. The number of hydrogen-bond donors (Lipinski definition) is 0. The summed E-state index contributed by atoms with van der Waals surface area (Å²) in [7, 11) is 16.8. The summed E-state index contributed by atoms with van der Waals surface area (Å²) in [5.74, 6) is 7.41. The maximum Gasteiger partial charge on any atom is 0.127 e. The Morgan fingerprint density at radius 1 is 0.159 bits per heavy atom. The molecule has 0 spiro atoms. The maximum absolute atomic E-state index is 5.99. The zero-order chi connectivity index (χ0) is 61.5. The van der Waals surface area contributed by atoms with Gasteiger partial charge in [-0.2, -0.15) is 0 Å². The first kappa shape index (κ1) is 60.3. The van der Waals surface area contributed by atoms with Crippen LogP contribution < -0.4 is 47.4 Å². The summed E-state index contributed by atoms with van der Waals surface area (Å²) in [6.45, 7) is 0. The van der Waals surface area contributed by atoms with E-state index in [4.69, 9.17) is 47.4 Å². The number of para-hydroxylation sites is 2. The molecule has 0 aliphatic carbocycles. The van der Waals surface area contributed by atoms with Crippen molar-refractivity contribution in [3.05, 3.63) is 239 Å². The Morgan fingerprint density at radius 3 is 0.443 bits per heavy atom. The molecule has 0 unspecified atom stereocenters. The lowest BCUT2D eigenvalue weighted by molar-refractivity contribution is 0.410. The van der Waals surface area contributed by atoms with E-state index in [1.807, 2.05) is 97.1 Å². The fourth-order valence-electron chi connectivity index (χ4n) is 10.8. The summed E-state index contributed by atoms with van der Waals surface area (Å²) in [5.41, 5.74) is 17.1. The van der Waals surface area contributed by atoms with Crippen molar-refractivity contribution in [2.75, 3.05) is 71.1 Å². The standard InChI is InChI=1S/C78H70O10/c1-79-69-17-13-11-15-59(69)61-35-27-51(43-71(61)81-3)19-21-53-29-37-63(73(45-53)83-5)65-39-31-55(47-75(65)85-7)23-25-57-33-41-67(77(49-57)87-9)68-42-34-58(50-78(68)88-10)26-24-56-32-40-66(76(48-56)86-8)64-38-30-54(46-74(64)84-6)22-20-52-28-36-62(72(44-52)82-4)60-16-12-14-18-70(60)80-2/h11-50H,1-10H3/b21-19+,22-20+,25-23+,26-24+. The third-order valence-electron chi connectivity index (χ3n) is 15.3. The Morgan fingerprint density at radius 2 is 0.295 bits per heavy atom. The molecule has 442 valence electrons. The van der Waals surface area contributed by atoms with Gasteiger partial charge in [0, 0.05) is 55.6 Å². The van der Waals surface area contributed by atoms with Gasteiger partial charge in [-0.3, -0.25) is 0 Å². The average molecular weight is 1170 g/mol. The van der Waals surface area contributed by atoms with Crippen LogP contribution in [0.25, 0.3) is 104 Å². The van der Waals surface area contributed by atoms with Gasteiger partial charge in [-0.15, -0.1) is 0 Å². The fraction of sp³-hybridized carbons (Fsp3) is 0.128. The largest absolute Gasteiger partial charge is 0.496 e. The normalized spacial score (nSPS) is 11.3. The van der Waals surface area contributed by atoms with Crippen LogP contribution in [-0.2, 0) is 0 Å². The van der Waals surface area contributed by atoms with Crippen LogP contribution in [0.2, 0.25) is 0 Å². The molecule has 0 fully saturated rings. The summed E-state index contributed by atoms with van der Waals surface area (Å²) in [6, 6.07) is 65.1. The lowest BCUT2D eigenvalue weighted by atomic mass is 9.98. The molecular weight excluding hydrogens is 1100 g/mol. The summed E-state index contributed by atoms with van der Waals surface area (Å²) in [6.07, 6.45) is 16.5. The Hall–Kier alpha value is -10.8. The van der Waals surface area contributed by atoms with Crippen LogP contribution in [0.1, 0.15) is 44.5 Å². The number of rotatable bonds is 23. The minimum Gasteiger partial charge on any atom is -0.496 e. The van der Waals surface area contributed by atoms with E-state index in [1.165, 1.54) is 0 Å². The van der Waals surface area contributed by atoms with E-state index < -0.39 is 0 Å². The van der Waals surface area contributed by atoms with E-state index >= 15 is 0 Å². The van der Waals surface area contributed by atoms with Crippen molar-refractivity contribution < 1.29 is 47.4 Å². The van der Waals surface area contributed by atoms with Gasteiger partial charge in [-0.1, -0.05) is 134 Å². The molecule has 88 heavy (non-hydrogen) atoms. The number of hydrogen-bond acceptors (Lipinski definition) is 10. The van der Waals surface area contributed by atoms with Crippen molar-refractivity contribution in [1.29, 1.82) is 0 Å². The molecule has 10 aromatic carbocycles. The number of methoxy groups -OCH3 is 10. The van der Waals surface area contributed by atoms with Crippen molar-refractivity contribution >= 4 is 48.6 Å². The van der Waals surface area contributed by atoms with Gasteiger partial charge in [0.1, 0.15) is 57.5 Å². The average Bonchev–Trinajstić information content (AvgIpc) is 1.72. The van der Waals surface area contributed by atoms with Gasteiger partial charge in [0.2, 0.25) is 0 Å². The van der Waals surface area contributed by atoms with Gasteiger partial charge in [0.15, 0.2) is 0 Å². The monoisotopic (exact) mass is 1170 g/mol. The second-order valence-corrected chi connectivity index (χ2v) is 20.4. The van der Waals surface area contributed by atoms with Gasteiger partial charge in [0.25, 0.3) is 0 Å². The summed E-state index contributed by atoms with van der Waals surface area (Å²) in [4.78, 5) is 0. The third kappa shape index (κ3) is 13.5. The minimum atomic E-state index is 0.715. The quantitative estimate of drug-likeness (QED) is 0.0577. The topological polar surface area (TPSA) is 92.3 Å². The van der Waals surface area contributed by atoms with Gasteiger partial charge in [-0.25, -0.2) is 0 Å². The zero-order valence-corrected chi connectivity index (χ0v) is 51.2. The van der Waals surface area contributed by atoms with Crippen LogP contribution in [0.3, 0.4) is 0 Å². The van der Waals surface area contributed by atoms with E-state index in [1.54, 1.807) is 71.1 Å². The predicted octanol–water partition coefficient (Wildman–Crippen LogP) is 18.8. The van der Waals surface area contributed by atoms with Crippen LogP contribution in [0.5, 0.6) is 57.5 Å². The predicted molar refractivity (Wildman–Crippen MR) is 361 cm³/mol. The van der Waals surface area contributed by atoms with Crippen LogP contribution in [-0.4, -0.2) is 71.1 Å². The van der Waals surface area contributed by atoms with Crippen molar-refractivity contribution in [2.45, 2.75) is 0 Å². The van der Waals surface area contributed by atoms with E-state index in [-0.39, 0.29) is 0 Å². The van der Waals surface area contributed by atoms with Gasteiger partial charge in [-0.05, 0) is 154 Å². The van der Waals surface area contributed by atoms with Crippen LogP contribution >= 0.6 is 0 Å². The maximum atomic E-state index is 5.99.